The highest BCUT2D eigenvalue weighted by Crippen LogP contribution is 2.33. The third kappa shape index (κ3) is 2.58. The molecule has 1 aliphatic rings. The van der Waals surface area contributed by atoms with Crippen LogP contribution in [0.4, 0.5) is 0 Å². The van der Waals surface area contributed by atoms with E-state index in [2.05, 4.69) is 24.7 Å². The lowest BCUT2D eigenvalue weighted by Gasteiger charge is -2.27. The van der Waals surface area contributed by atoms with E-state index in [-0.39, 0.29) is 0 Å². The molecular formula is C12H20N2S. The molecule has 1 fully saturated rings. The van der Waals surface area contributed by atoms with Crippen molar-refractivity contribution in [1.82, 2.24) is 10.3 Å². The lowest BCUT2D eigenvalue weighted by Crippen LogP contribution is -2.29. The topological polar surface area (TPSA) is 24.9 Å². The Bertz CT molecular complexity index is 300. The second kappa shape index (κ2) is 5.08. The summed E-state index contributed by atoms with van der Waals surface area (Å²) in [5.74, 6) is 0.728. The molecule has 1 aliphatic carbocycles. The fourth-order valence-corrected chi connectivity index (χ4v) is 3.18. The lowest BCUT2D eigenvalue weighted by molar-refractivity contribution is 0.355. The maximum atomic E-state index is 4.70. The molecule has 1 aromatic heterocycles. The molecule has 2 nitrogen and oxygen atoms in total. The molecule has 1 N–H and O–H groups in total. The maximum absolute atomic E-state index is 4.70. The average Bonchev–Trinajstić information content (AvgIpc) is 2.78. The largest absolute Gasteiger partial charge is 0.317 e. The van der Waals surface area contributed by atoms with Crippen molar-refractivity contribution in [3.8, 4) is 0 Å². The van der Waals surface area contributed by atoms with Gasteiger partial charge in [0.1, 0.15) is 0 Å². The third-order valence-electron chi connectivity index (χ3n) is 3.43. The molecule has 1 aromatic rings. The molecule has 1 heterocycles. The van der Waals surface area contributed by atoms with Crippen molar-refractivity contribution >= 4 is 11.3 Å². The number of hydrogen-bond donors (Lipinski definition) is 1. The monoisotopic (exact) mass is 224 g/mol. The second-order valence-corrected chi connectivity index (χ2v) is 5.30. The van der Waals surface area contributed by atoms with Gasteiger partial charge in [0.25, 0.3) is 0 Å². The Hall–Kier alpha value is -0.410. The van der Waals surface area contributed by atoms with Crippen LogP contribution in [0.2, 0.25) is 0 Å². The zero-order valence-corrected chi connectivity index (χ0v) is 10.4. The van der Waals surface area contributed by atoms with Crippen LogP contribution in [-0.2, 0) is 6.42 Å². The van der Waals surface area contributed by atoms with Gasteiger partial charge in [-0.15, -0.1) is 11.3 Å². The van der Waals surface area contributed by atoms with Crippen molar-refractivity contribution < 1.29 is 0 Å². The van der Waals surface area contributed by atoms with Gasteiger partial charge in [-0.25, -0.2) is 4.98 Å². The quantitative estimate of drug-likeness (QED) is 0.854. The zero-order valence-electron chi connectivity index (χ0n) is 9.62. The Kier molecular flexibility index (Phi) is 3.76. The summed E-state index contributed by atoms with van der Waals surface area (Å²) in [7, 11) is 2.07. The number of aryl methyl sites for hydroxylation is 1. The minimum atomic E-state index is 0.728. The Morgan fingerprint density at radius 1 is 1.40 bits per heavy atom. The van der Waals surface area contributed by atoms with Crippen molar-refractivity contribution in [1.29, 1.82) is 0 Å². The number of nitrogens with one attached hydrogen (secondary N) is 1. The number of aromatic nitrogens is 1. The molecule has 0 spiro atoms. The fourth-order valence-electron chi connectivity index (χ4n) is 2.35. The SMILES string of the molecule is CCc1nc(C2CCC(NC)CC2)cs1. The highest BCUT2D eigenvalue weighted by atomic mass is 32.1. The smallest absolute Gasteiger partial charge is 0.0925 e. The summed E-state index contributed by atoms with van der Waals surface area (Å²) in [6, 6.07) is 0.741. The van der Waals surface area contributed by atoms with Crippen molar-refractivity contribution in [3.05, 3.63) is 16.1 Å². The van der Waals surface area contributed by atoms with Crippen LogP contribution in [0, 0.1) is 0 Å². The first-order chi connectivity index (χ1) is 7.33. The van der Waals surface area contributed by atoms with Crippen LogP contribution in [0.3, 0.4) is 0 Å². The molecule has 0 saturated heterocycles. The standard InChI is InChI=1S/C12H20N2S/c1-3-12-14-11(8-15-12)9-4-6-10(13-2)7-5-9/h8-10,13H,3-7H2,1-2H3. The van der Waals surface area contributed by atoms with Crippen LogP contribution in [0.1, 0.15) is 49.2 Å². The van der Waals surface area contributed by atoms with E-state index in [0.717, 1.165) is 18.4 Å². The van der Waals surface area contributed by atoms with Crippen LogP contribution in [0.25, 0.3) is 0 Å². The summed E-state index contributed by atoms with van der Waals surface area (Å²) in [6.45, 7) is 2.18. The molecule has 1 saturated carbocycles. The highest BCUT2D eigenvalue weighted by molar-refractivity contribution is 7.09. The Balaban J connectivity index is 1.95. The van der Waals surface area contributed by atoms with Gasteiger partial charge in [-0.2, -0.15) is 0 Å². The third-order valence-corrected chi connectivity index (χ3v) is 4.44. The van der Waals surface area contributed by atoms with Gasteiger partial charge < -0.3 is 5.32 Å². The summed E-state index contributed by atoms with van der Waals surface area (Å²) in [6.07, 6.45) is 6.30. The molecule has 15 heavy (non-hydrogen) atoms. The second-order valence-electron chi connectivity index (χ2n) is 4.36. The van der Waals surface area contributed by atoms with Crippen LogP contribution >= 0.6 is 11.3 Å². The molecule has 0 atom stereocenters. The summed E-state index contributed by atoms with van der Waals surface area (Å²) in [5, 5.41) is 6.93. The Labute approximate surface area is 96.1 Å². The molecule has 0 aliphatic heterocycles. The molecule has 2 rings (SSSR count). The van der Waals surface area contributed by atoms with E-state index in [1.54, 1.807) is 0 Å². The minimum Gasteiger partial charge on any atom is -0.317 e. The first-order valence-electron chi connectivity index (χ1n) is 5.95. The predicted octanol–water partition coefficient (Wildman–Crippen LogP) is 2.95. The van der Waals surface area contributed by atoms with Crippen LogP contribution in [0.15, 0.2) is 5.38 Å². The maximum Gasteiger partial charge on any atom is 0.0925 e. The average molecular weight is 224 g/mol. The molecule has 0 bridgehead atoms. The molecule has 0 unspecified atom stereocenters. The first-order valence-corrected chi connectivity index (χ1v) is 6.83. The van der Waals surface area contributed by atoms with Crippen molar-refractivity contribution in [2.75, 3.05) is 7.05 Å². The van der Waals surface area contributed by atoms with Gasteiger partial charge in [0, 0.05) is 17.3 Å². The van der Waals surface area contributed by atoms with Crippen molar-refractivity contribution in [3.63, 3.8) is 0 Å². The number of hydrogen-bond acceptors (Lipinski definition) is 3. The molecule has 84 valence electrons. The predicted molar refractivity (Wildman–Crippen MR) is 65.5 cm³/mol. The minimum absolute atomic E-state index is 0.728. The molecule has 0 aromatic carbocycles. The summed E-state index contributed by atoms with van der Waals surface area (Å²) in [5.41, 5.74) is 1.35. The van der Waals surface area contributed by atoms with Crippen LogP contribution in [-0.4, -0.2) is 18.1 Å². The van der Waals surface area contributed by atoms with E-state index in [4.69, 9.17) is 4.98 Å². The first kappa shape index (κ1) is 11.1. The fraction of sp³-hybridized carbons (Fsp3) is 0.750. The summed E-state index contributed by atoms with van der Waals surface area (Å²) < 4.78 is 0. The number of thiazole rings is 1. The Morgan fingerprint density at radius 3 is 2.67 bits per heavy atom. The van der Waals surface area contributed by atoms with E-state index < -0.39 is 0 Å². The molecular weight excluding hydrogens is 204 g/mol. The van der Waals surface area contributed by atoms with Crippen LogP contribution < -0.4 is 5.32 Å². The molecule has 0 amide bonds. The lowest BCUT2D eigenvalue weighted by atomic mass is 9.84. The van der Waals surface area contributed by atoms with Gasteiger partial charge >= 0.3 is 0 Å². The zero-order chi connectivity index (χ0) is 10.7. The summed E-state index contributed by atoms with van der Waals surface area (Å²) >= 11 is 1.82. The van der Waals surface area contributed by atoms with Gasteiger partial charge in [0.2, 0.25) is 0 Å². The normalized spacial score (nSPS) is 26.8. The highest BCUT2D eigenvalue weighted by Gasteiger charge is 2.22. The Morgan fingerprint density at radius 2 is 2.13 bits per heavy atom. The van der Waals surface area contributed by atoms with E-state index in [0.29, 0.717) is 0 Å². The van der Waals surface area contributed by atoms with Crippen LogP contribution in [0.5, 0.6) is 0 Å². The number of nitrogens with zero attached hydrogens (tertiary/aromatic N) is 1. The summed E-state index contributed by atoms with van der Waals surface area (Å²) in [4.78, 5) is 4.70. The van der Waals surface area contributed by atoms with E-state index >= 15 is 0 Å². The van der Waals surface area contributed by atoms with Gasteiger partial charge in [-0.1, -0.05) is 6.92 Å². The van der Waals surface area contributed by atoms with Crippen molar-refractivity contribution in [2.24, 2.45) is 0 Å². The van der Waals surface area contributed by atoms with Crippen molar-refractivity contribution in [2.45, 2.75) is 51.0 Å². The van der Waals surface area contributed by atoms with E-state index in [1.807, 2.05) is 11.3 Å². The van der Waals surface area contributed by atoms with Gasteiger partial charge in [0.15, 0.2) is 0 Å². The van der Waals surface area contributed by atoms with E-state index in [9.17, 15) is 0 Å². The van der Waals surface area contributed by atoms with Gasteiger partial charge in [0.05, 0.1) is 10.7 Å². The van der Waals surface area contributed by atoms with Gasteiger partial charge in [-0.3, -0.25) is 0 Å². The number of rotatable bonds is 3. The molecule has 0 radical (unpaired) electrons. The molecule has 3 heteroatoms. The van der Waals surface area contributed by atoms with E-state index in [1.165, 1.54) is 36.4 Å². The van der Waals surface area contributed by atoms with Gasteiger partial charge in [-0.05, 0) is 39.2 Å².